The van der Waals surface area contributed by atoms with Crippen LogP contribution in [0.15, 0.2) is 12.1 Å². The summed E-state index contributed by atoms with van der Waals surface area (Å²) in [6.45, 7) is 4.68. The number of benzene rings is 1. The van der Waals surface area contributed by atoms with E-state index in [1.54, 1.807) is 0 Å². The highest BCUT2D eigenvalue weighted by Gasteiger charge is 2.25. The van der Waals surface area contributed by atoms with Gasteiger partial charge in [-0.1, -0.05) is 12.1 Å². The van der Waals surface area contributed by atoms with Crippen molar-refractivity contribution >= 4 is 17.5 Å². The summed E-state index contributed by atoms with van der Waals surface area (Å²) in [5.41, 5.74) is 3.34. The summed E-state index contributed by atoms with van der Waals surface area (Å²) in [4.78, 5) is 11.4. The Hall–Kier alpha value is -1.22. The maximum Gasteiger partial charge on any atom is 0.235 e. The second-order valence-electron chi connectivity index (χ2n) is 4.33. The molecule has 2 rings (SSSR count). The fourth-order valence-corrected chi connectivity index (χ4v) is 2.31. The van der Waals surface area contributed by atoms with Crippen molar-refractivity contribution in [1.82, 2.24) is 5.32 Å². The molecule has 0 bridgehead atoms. The molecule has 0 radical (unpaired) electrons. The van der Waals surface area contributed by atoms with Crippen LogP contribution in [0, 0.1) is 13.8 Å². The number of aryl methyl sites for hydroxylation is 2. The zero-order valence-electron chi connectivity index (χ0n) is 10.0. The van der Waals surface area contributed by atoms with E-state index in [1.165, 1.54) is 0 Å². The van der Waals surface area contributed by atoms with Crippen LogP contribution in [0.3, 0.4) is 0 Å². The average molecular weight is 254 g/mol. The summed E-state index contributed by atoms with van der Waals surface area (Å²) in [5.74, 6) is 0.777. The van der Waals surface area contributed by atoms with Crippen LogP contribution in [0.1, 0.15) is 29.2 Å². The van der Waals surface area contributed by atoms with Gasteiger partial charge in [-0.05, 0) is 25.0 Å². The number of hydrogen-bond acceptors (Lipinski definition) is 2. The van der Waals surface area contributed by atoms with Crippen molar-refractivity contribution in [2.75, 3.05) is 12.5 Å². The predicted octanol–water partition coefficient (Wildman–Crippen LogP) is 2.48. The molecule has 1 aliphatic heterocycles. The fourth-order valence-electron chi connectivity index (χ4n) is 2.23. The molecule has 0 spiro atoms. The van der Waals surface area contributed by atoms with Gasteiger partial charge < -0.3 is 10.1 Å². The molecule has 17 heavy (non-hydrogen) atoms. The number of hydrogen-bond donors (Lipinski definition) is 1. The number of nitrogens with one attached hydrogen (secondary N) is 1. The van der Waals surface area contributed by atoms with Gasteiger partial charge >= 0.3 is 0 Å². The highest BCUT2D eigenvalue weighted by atomic mass is 35.5. The maximum atomic E-state index is 11.4. The van der Waals surface area contributed by atoms with E-state index in [9.17, 15) is 4.79 Å². The van der Waals surface area contributed by atoms with Crippen LogP contribution in [0.4, 0.5) is 0 Å². The lowest BCUT2D eigenvalue weighted by atomic mass is 9.93. The first-order valence-electron chi connectivity index (χ1n) is 5.71. The Labute approximate surface area is 106 Å². The number of halogens is 1. The number of ether oxygens (including phenoxy) is 1. The third-order valence-corrected chi connectivity index (χ3v) is 3.31. The molecule has 3 nitrogen and oxygen atoms in total. The molecule has 1 aromatic carbocycles. The Kier molecular flexibility index (Phi) is 3.57. The Morgan fingerprint density at radius 2 is 2.18 bits per heavy atom. The van der Waals surface area contributed by atoms with Crippen molar-refractivity contribution in [2.24, 2.45) is 0 Å². The molecule has 0 unspecified atom stereocenters. The topological polar surface area (TPSA) is 38.3 Å². The van der Waals surface area contributed by atoms with E-state index in [0.29, 0.717) is 6.61 Å². The SMILES string of the molecule is Cc1ccc(C)c2c1OCC[C@H]2NC(=O)CCl. The lowest BCUT2D eigenvalue weighted by molar-refractivity contribution is -0.119. The number of carbonyl (C=O) groups excluding carboxylic acids is 1. The maximum absolute atomic E-state index is 11.4. The molecule has 1 aliphatic rings. The molecule has 1 heterocycles. The lowest BCUT2D eigenvalue weighted by Crippen LogP contribution is -2.33. The van der Waals surface area contributed by atoms with E-state index >= 15 is 0 Å². The van der Waals surface area contributed by atoms with Gasteiger partial charge in [-0.15, -0.1) is 11.6 Å². The molecule has 1 atom stereocenters. The van der Waals surface area contributed by atoms with E-state index < -0.39 is 0 Å². The first-order valence-corrected chi connectivity index (χ1v) is 6.25. The quantitative estimate of drug-likeness (QED) is 0.823. The van der Waals surface area contributed by atoms with E-state index in [4.69, 9.17) is 16.3 Å². The van der Waals surface area contributed by atoms with Gasteiger partial charge in [-0.3, -0.25) is 4.79 Å². The molecule has 4 heteroatoms. The fraction of sp³-hybridized carbons (Fsp3) is 0.462. The van der Waals surface area contributed by atoms with Gasteiger partial charge in [0.25, 0.3) is 0 Å². The summed E-state index contributed by atoms with van der Waals surface area (Å²) >= 11 is 5.53. The van der Waals surface area contributed by atoms with E-state index in [-0.39, 0.29) is 17.8 Å². The first-order chi connectivity index (χ1) is 8.13. The summed E-state index contributed by atoms with van der Waals surface area (Å²) in [5, 5.41) is 2.94. The molecule has 1 N–H and O–H groups in total. The van der Waals surface area contributed by atoms with Crippen molar-refractivity contribution in [3.05, 3.63) is 28.8 Å². The van der Waals surface area contributed by atoms with Crippen LogP contribution < -0.4 is 10.1 Å². The molecule has 0 aliphatic carbocycles. The van der Waals surface area contributed by atoms with Crippen LogP contribution in [0.2, 0.25) is 0 Å². The van der Waals surface area contributed by atoms with Crippen LogP contribution in [0.25, 0.3) is 0 Å². The van der Waals surface area contributed by atoms with Gasteiger partial charge in [-0.25, -0.2) is 0 Å². The normalized spacial score (nSPS) is 18.2. The Bertz CT molecular complexity index is 445. The Balaban J connectivity index is 2.36. The minimum Gasteiger partial charge on any atom is -0.493 e. The van der Waals surface area contributed by atoms with Gasteiger partial charge in [0.1, 0.15) is 11.6 Å². The standard InChI is InChI=1S/C13H16ClNO2/c1-8-3-4-9(2)13-12(8)10(5-6-17-13)15-11(16)7-14/h3-4,10H,5-7H2,1-2H3,(H,15,16)/t10-/m1/s1. The summed E-state index contributed by atoms with van der Waals surface area (Å²) in [7, 11) is 0. The van der Waals surface area contributed by atoms with Gasteiger partial charge in [0.05, 0.1) is 12.6 Å². The van der Waals surface area contributed by atoms with Gasteiger partial charge in [-0.2, -0.15) is 0 Å². The Morgan fingerprint density at radius 1 is 1.47 bits per heavy atom. The monoisotopic (exact) mass is 253 g/mol. The second-order valence-corrected chi connectivity index (χ2v) is 4.60. The number of rotatable bonds is 2. The van der Waals surface area contributed by atoms with Crippen molar-refractivity contribution in [3.8, 4) is 5.75 Å². The number of carbonyl (C=O) groups is 1. The van der Waals surface area contributed by atoms with Crippen LogP contribution >= 0.6 is 11.6 Å². The smallest absolute Gasteiger partial charge is 0.235 e. The largest absolute Gasteiger partial charge is 0.493 e. The van der Waals surface area contributed by atoms with E-state index in [1.807, 2.05) is 19.9 Å². The summed E-state index contributed by atoms with van der Waals surface area (Å²) in [6.07, 6.45) is 0.792. The third kappa shape index (κ3) is 2.39. The number of amides is 1. The molecule has 0 aromatic heterocycles. The molecule has 0 fully saturated rings. The van der Waals surface area contributed by atoms with Crippen LogP contribution in [0.5, 0.6) is 5.75 Å². The minimum atomic E-state index is -0.134. The molecular weight excluding hydrogens is 238 g/mol. The Morgan fingerprint density at radius 3 is 2.88 bits per heavy atom. The first kappa shape index (κ1) is 12.2. The highest BCUT2D eigenvalue weighted by molar-refractivity contribution is 6.27. The molecule has 0 saturated heterocycles. The molecule has 92 valence electrons. The summed E-state index contributed by atoms with van der Waals surface area (Å²) < 4.78 is 5.70. The zero-order chi connectivity index (χ0) is 12.4. The van der Waals surface area contributed by atoms with Crippen molar-refractivity contribution in [2.45, 2.75) is 26.3 Å². The highest BCUT2D eigenvalue weighted by Crippen LogP contribution is 2.36. The lowest BCUT2D eigenvalue weighted by Gasteiger charge is -2.29. The molecule has 1 aromatic rings. The van der Waals surface area contributed by atoms with Crippen molar-refractivity contribution in [3.63, 3.8) is 0 Å². The molecule has 1 amide bonds. The average Bonchev–Trinajstić information content (AvgIpc) is 2.34. The van der Waals surface area contributed by atoms with Crippen molar-refractivity contribution in [1.29, 1.82) is 0 Å². The van der Waals surface area contributed by atoms with Crippen LogP contribution in [-0.4, -0.2) is 18.4 Å². The molecular formula is C13H16ClNO2. The van der Waals surface area contributed by atoms with Gasteiger partial charge in [0.2, 0.25) is 5.91 Å². The van der Waals surface area contributed by atoms with Crippen molar-refractivity contribution < 1.29 is 9.53 Å². The number of fused-ring (bicyclic) bond motifs is 1. The molecule has 0 saturated carbocycles. The zero-order valence-corrected chi connectivity index (χ0v) is 10.8. The van der Waals surface area contributed by atoms with E-state index in [0.717, 1.165) is 28.9 Å². The predicted molar refractivity (Wildman–Crippen MR) is 67.6 cm³/mol. The minimum absolute atomic E-state index is 0.00243. The van der Waals surface area contributed by atoms with Gasteiger partial charge in [0.15, 0.2) is 0 Å². The summed E-state index contributed by atoms with van der Waals surface area (Å²) in [6, 6.07) is 4.12. The number of alkyl halides is 1. The van der Waals surface area contributed by atoms with Gasteiger partial charge in [0, 0.05) is 12.0 Å². The third-order valence-electron chi connectivity index (χ3n) is 3.07. The second kappa shape index (κ2) is 4.96. The van der Waals surface area contributed by atoms with Crippen LogP contribution in [-0.2, 0) is 4.79 Å². The van der Waals surface area contributed by atoms with E-state index in [2.05, 4.69) is 11.4 Å².